The van der Waals surface area contributed by atoms with Crippen molar-refractivity contribution in [3.05, 3.63) is 29.3 Å². The molecule has 2 fully saturated rings. The van der Waals surface area contributed by atoms with Gasteiger partial charge in [0, 0.05) is 23.8 Å². The van der Waals surface area contributed by atoms with Crippen LogP contribution in [-0.2, 0) is 4.74 Å². The lowest BCUT2D eigenvalue weighted by Crippen LogP contribution is -2.60. The Morgan fingerprint density at radius 3 is 2.70 bits per heavy atom. The van der Waals surface area contributed by atoms with Crippen molar-refractivity contribution in [2.75, 3.05) is 11.9 Å². The zero-order chi connectivity index (χ0) is 14.2. The summed E-state index contributed by atoms with van der Waals surface area (Å²) in [5.41, 5.74) is 4.49. The highest BCUT2D eigenvalue weighted by atomic mass is 16.5. The molecule has 2 aliphatic rings. The number of ether oxygens (including phenoxy) is 1. The van der Waals surface area contributed by atoms with Gasteiger partial charge in [-0.05, 0) is 57.2 Å². The van der Waals surface area contributed by atoms with Crippen LogP contribution in [0.15, 0.2) is 18.2 Å². The molecule has 2 nitrogen and oxygen atoms in total. The molecule has 0 radical (unpaired) electrons. The van der Waals surface area contributed by atoms with Crippen LogP contribution in [0.5, 0.6) is 0 Å². The van der Waals surface area contributed by atoms with Gasteiger partial charge in [0.25, 0.3) is 0 Å². The molecule has 3 rings (SSSR count). The lowest BCUT2D eigenvalue weighted by molar-refractivity contribution is -0.114. The van der Waals surface area contributed by atoms with E-state index >= 15 is 0 Å². The van der Waals surface area contributed by atoms with Gasteiger partial charge in [0.15, 0.2) is 0 Å². The minimum atomic E-state index is 0.409. The van der Waals surface area contributed by atoms with Gasteiger partial charge in [0.2, 0.25) is 0 Å². The van der Waals surface area contributed by atoms with E-state index in [1.165, 1.54) is 48.9 Å². The van der Waals surface area contributed by atoms with Gasteiger partial charge in [-0.25, -0.2) is 0 Å². The smallest absolute Gasteiger partial charge is 0.0670 e. The molecular weight excluding hydrogens is 246 g/mol. The third-order valence-electron chi connectivity index (χ3n) is 5.62. The summed E-state index contributed by atoms with van der Waals surface area (Å²) < 4.78 is 6.00. The molecule has 1 aromatic rings. The molecule has 20 heavy (non-hydrogen) atoms. The number of benzene rings is 1. The summed E-state index contributed by atoms with van der Waals surface area (Å²) in [6.07, 6.45) is 7.06. The molecule has 0 saturated heterocycles. The van der Waals surface area contributed by atoms with Gasteiger partial charge < -0.3 is 10.1 Å². The molecule has 0 aliphatic heterocycles. The zero-order valence-corrected chi connectivity index (χ0v) is 13.0. The van der Waals surface area contributed by atoms with E-state index in [1.54, 1.807) is 0 Å². The van der Waals surface area contributed by atoms with Gasteiger partial charge in [-0.1, -0.05) is 25.0 Å². The van der Waals surface area contributed by atoms with Gasteiger partial charge >= 0.3 is 0 Å². The Morgan fingerprint density at radius 2 is 2.00 bits per heavy atom. The first kappa shape index (κ1) is 13.9. The first-order chi connectivity index (χ1) is 9.67. The molecule has 1 aromatic carbocycles. The molecule has 2 atom stereocenters. The Bertz CT molecular complexity index is 476. The maximum atomic E-state index is 6.00. The fraction of sp³-hybridized carbons (Fsp3) is 0.667. The highest BCUT2D eigenvalue weighted by Crippen LogP contribution is 2.55. The number of aryl methyl sites for hydroxylation is 1. The fourth-order valence-corrected chi connectivity index (χ4v) is 4.18. The summed E-state index contributed by atoms with van der Waals surface area (Å²) >= 11 is 0. The molecule has 0 heterocycles. The maximum absolute atomic E-state index is 6.00. The number of nitrogens with one attached hydrogen (secondary N) is 1. The highest BCUT2D eigenvalue weighted by molar-refractivity contribution is 5.55. The summed E-state index contributed by atoms with van der Waals surface area (Å²) in [5.74, 6) is 0. The molecule has 2 heteroatoms. The predicted molar refractivity (Wildman–Crippen MR) is 84.3 cm³/mol. The first-order valence-electron chi connectivity index (χ1n) is 8.12. The van der Waals surface area contributed by atoms with Crippen molar-refractivity contribution >= 4 is 5.69 Å². The minimum Gasteiger partial charge on any atom is -0.381 e. The van der Waals surface area contributed by atoms with Gasteiger partial charge in [-0.15, -0.1) is 0 Å². The van der Waals surface area contributed by atoms with Gasteiger partial charge in [-0.2, -0.15) is 0 Å². The number of hydrogen-bond donors (Lipinski definition) is 1. The zero-order valence-electron chi connectivity index (χ0n) is 13.0. The van der Waals surface area contributed by atoms with Crippen LogP contribution in [0.1, 0.15) is 50.2 Å². The molecule has 110 valence electrons. The van der Waals surface area contributed by atoms with Crippen molar-refractivity contribution in [2.45, 2.75) is 65.0 Å². The van der Waals surface area contributed by atoms with Crippen molar-refractivity contribution in [3.63, 3.8) is 0 Å². The van der Waals surface area contributed by atoms with E-state index in [9.17, 15) is 0 Å². The largest absolute Gasteiger partial charge is 0.381 e. The molecule has 1 N–H and O–H groups in total. The van der Waals surface area contributed by atoms with Crippen molar-refractivity contribution in [3.8, 4) is 0 Å². The summed E-state index contributed by atoms with van der Waals surface area (Å²) in [4.78, 5) is 0. The maximum Gasteiger partial charge on any atom is 0.0670 e. The van der Waals surface area contributed by atoms with Crippen molar-refractivity contribution in [2.24, 2.45) is 5.41 Å². The van der Waals surface area contributed by atoms with Crippen molar-refractivity contribution in [1.29, 1.82) is 0 Å². The van der Waals surface area contributed by atoms with Crippen molar-refractivity contribution < 1.29 is 4.74 Å². The van der Waals surface area contributed by atoms with Crippen LogP contribution in [0.4, 0.5) is 5.69 Å². The summed E-state index contributed by atoms with van der Waals surface area (Å²) in [5, 5.41) is 3.83. The molecule has 1 spiro atoms. The highest BCUT2D eigenvalue weighted by Gasteiger charge is 2.56. The summed E-state index contributed by atoms with van der Waals surface area (Å²) in [6, 6.07) is 7.17. The minimum absolute atomic E-state index is 0.409. The topological polar surface area (TPSA) is 21.3 Å². The number of hydrogen-bond acceptors (Lipinski definition) is 2. The van der Waals surface area contributed by atoms with Gasteiger partial charge in [0.1, 0.15) is 0 Å². The number of rotatable bonds is 4. The second-order valence-corrected chi connectivity index (χ2v) is 6.56. The molecule has 0 bridgehead atoms. The van der Waals surface area contributed by atoms with E-state index in [0.717, 1.165) is 6.61 Å². The predicted octanol–water partition coefficient (Wildman–Crippen LogP) is 4.45. The third-order valence-corrected chi connectivity index (χ3v) is 5.62. The Hall–Kier alpha value is -1.02. The second-order valence-electron chi connectivity index (χ2n) is 6.56. The second kappa shape index (κ2) is 5.40. The Morgan fingerprint density at radius 1 is 1.25 bits per heavy atom. The average Bonchev–Trinajstić information content (AvgIpc) is 2.95. The quantitative estimate of drug-likeness (QED) is 0.875. The monoisotopic (exact) mass is 273 g/mol. The van der Waals surface area contributed by atoms with Crippen LogP contribution in [0.2, 0.25) is 0 Å². The molecule has 2 unspecified atom stereocenters. The van der Waals surface area contributed by atoms with E-state index in [-0.39, 0.29) is 0 Å². The molecule has 0 amide bonds. The lowest BCUT2D eigenvalue weighted by atomic mass is 9.60. The van der Waals surface area contributed by atoms with Crippen LogP contribution >= 0.6 is 0 Å². The van der Waals surface area contributed by atoms with E-state index in [0.29, 0.717) is 17.6 Å². The van der Waals surface area contributed by atoms with E-state index in [4.69, 9.17) is 4.74 Å². The van der Waals surface area contributed by atoms with E-state index < -0.39 is 0 Å². The molecule has 2 aliphatic carbocycles. The Labute approximate surface area is 122 Å². The van der Waals surface area contributed by atoms with E-state index in [1.807, 2.05) is 0 Å². The van der Waals surface area contributed by atoms with Crippen molar-refractivity contribution in [1.82, 2.24) is 0 Å². The van der Waals surface area contributed by atoms with Gasteiger partial charge in [0.05, 0.1) is 6.10 Å². The molecular formula is C18H27NO. The fourth-order valence-electron chi connectivity index (χ4n) is 4.18. The first-order valence-corrected chi connectivity index (χ1v) is 8.12. The third kappa shape index (κ3) is 2.14. The Balaban J connectivity index is 1.76. The molecule has 0 aromatic heterocycles. The van der Waals surface area contributed by atoms with Crippen LogP contribution in [0.25, 0.3) is 0 Å². The van der Waals surface area contributed by atoms with E-state index in [2.05, 4.69) is 44.3 Å². The average molecular weight is 273 g/mol. The normalized spacial score (nSPS) is 27.6. The molecule has 2 saturated carbocycles. The SMILES string of the molecule is CCOC1CC(Nc2cccc(C)c2C)C12CCCC2. The van der Waals surface area contributed by atoms with Crippen LogP contribution in [-0.4, -0.2) is 18.8 Å². The van der Waals surface area contributed by atoms with Crippen LogP contribution in [0.3, 0.4) is 0 Å². The standard InChI is InChI=1S/C18H27NO/c1-4-20-17-12-16(18(17)10-5-6-11-18)19-15-9-7-8-13(2)14(15)3/h7-9,16-17,19H,4-6,10-12H2,1-3H3. The summed E-state index contributed by atoms with van der Waals surface area (Å²) in [7, 11) is 0. The number of anilines is 1. The van der Waals surface area contributed by atoms with Crippen LogP contribution in [0, 0.1) is 19.3 Å². The summed E-state index contributed by atoms with van der Waals surface area (Å²) in [6.45, 7) is 7.38. The lowest BCUT2D eigenvalue weighted by Gasteiger charge is -2.54. The Kier molecular flexibility index (Phi) is 3.76. The van der Waals surface area contributed by atoms with Crippen LogP contribution < -0.4 is 5.32 Å². The van der Waals surface area contributed by atoms with Gasteiger partial charge in [-0.3, -0.25) is 0 Å².